The molecule has 1 aliphatic heterocycles. The van der Waals surface area contributed by atoms with Gasteiger partial charge in [-0.2, -0.15) is 4.98 Å². The lowest BCUT2D eigenvalue weighted by Gasteiger charge is -2.13. The van der Waals surface area contributed by atoms with Crippen LogP contribution in [0.4, 0.5) is 5.95 Å². The summed E-state index contributed by atoms with van der Waals surface area (Å²) in [4.78, 5) is 28.9. The average Bonchev–Trinajstić information content (AvgIpc) is 3.11. The fraction of sp³-hybridized carbons (Fsp3) is 0.538. The molecule has 9 heteroatoms. The Kier molecular flexibility index (Phi) is 3.90. The Labute approximate surface area is 126 Å². The van der Waals surface area contributed by atoms with Crippen molar-refractivity contribution in [2.75, 3.05) is 20.7 Å². The molecule has 2 aromatic rings. The first-order chi connectivity index (χ1) is 10.6. The lowest BCUT2D eigenvalue weighted by molar-refractivity contribution is -0.0207. The van der Waals surface area contributed by atoms with Crippen LogP contribution in [-0.2, 0) is 4.74 Å². The normalized spacial score (nSPS) is 22.0. The predicted molar refractivity (Wildman–Crippen MR) is 80.2 cm³/mol. The number of hydrogen-bond donors (Lipinski definition) is 2. The van der Waals surface area contributed by atoms with E-state index in [1.54, 1.807) is 15.8 Å². The number of aliphatic imine (C=N–C) groups is 1. The van der Waals surface area contributed by atoms with E-state index in [0.29, 0.717) is 5.65 Å². The van der Waals surface area contributed by atoms with Crippen LogP contribution in [0.1, 0.15) is 19.1 Å². The lowest BCUT2D eigenvalue weighted by atomic mass is 10.2. The molecule has 118 valence electrons. The van der Waals surface area contributed by atoms with Crippen LogP contribution in [0.5, 0.6) is 0 Å². The number of aliphatic hydroxyl groups excluding tert-OH is 1. The number of aromatic nitrogens is 4. The zero-order chi connectivity index (χ0) is 15.7. The molecule has 1 fully saturated rings. The molecule has 3 heterocycles. The molecule has 0 bridgehead atoms. The van der Waals surface area contributed by atoms with Gasteiger partial charge in [0.2, 0.25) is 5.95 Å². The second-order valence-corrected chi connectivity index (χ2v) is 5.39. The van der Waals surface area contributed by atoms with E-state index in [0.717, 1.165) is 12.8 Å². The topological polar surface area (TPSA) is 109 Å². The quantitative estimate of drug-likeness (QED) is 0.608. The van der Waals surface area contributed by atoms with Crippen LogP contribution >= 0.6 is 0 Å². The number of aromatic amines is 1. The first-order valence-corrected chi connectivity index (χ1v) is 7.02. The van der Waals surface area contributed by atoms with Gasteiger partial charge in [0.25, 0.3) is 5.56 Å². The first-order valence-electron chi connectivity index (χ1n) is 7.02. The predicted octanol–water partition coefficient (Wildman–Crippen LogP) is 0.0109. The first kappa shape index (κ1) is 14.7. The van der Waals surface area contributed by atoms with Crippen molar-refractivity contribution in [3.05, 3.63) is 16.7 Å². The number of H-pyrrole nitrogens is 1. The van der Waals surface area contributed by atoms with Crippen LogP contribution in [0.15, 0.2) is 16.1 Å². The highest BCUT2D eigenvalue weighted by atomic mass is 16.5. The largest absolute Gasteiger partial charge is 0.394 e. The standard InChI is InChI=1S/C13H18N6O3/c1-18(2)6-15-13-16-11-10(12(21)17-13)14-7-19(11)9-4-3-8(5-20)22-9/h6-9,20H,3-5H2,1-2H3,(H,16,17,21). The zero-order valence-electron chi connectivity index (χ0n) is 12.4. The summed E-state index contributed by atoms with van der Waals surface area (Å²) < 4.78 is 7.43. The number of nitrogens with zero attached hydrogens (tertiary/aromatic N) is 5. The maximum absolute atomic E-state index is 12.1. The number of fused-ring (bicyclic) bond motifs is 1. The summed E-state index contributed by atoms with van der Waals surface area (Å²) in [6.07, 6.45) is 4.13. The maximum Gasteiger partial charge on any atom is 0.280 e. The van der Waals surface area contributed by atoms with Crippen molar-refractivity contribution in [2.45, 2.75) is 25.2 Å². The zero-order valence-corrected chi connectivity index (χ0v) is 12.4. The summed E-state index contributed by atoms with van der Waals surface area (Å²) in [6, 6.07) is 0. The Hall–Kier alpha value is -2.26. The van der Waals surface area contributed by atoms with E-state index in [4.69, 9.17) is 9.84 Å². The SMILES string of the molecule is CN(C)C=Nc1nc2c(ncn2C2CCC(CO)O2)c(=O)[nH]1. The smallest absolute Gasteiger partial charge is 0.280 e. The third-order valence-electron chi connectivity index (χ3n) is 3.43. The molecule has 0 amide bonds. The number of hydrogen-bond acceptors (Lipinski definition) is 6. The van der Waals surface area contributed by atoms with E-state index in [-0.39, 0.29) is 36.0 Å². The van der Waals surface area contributed by atoms with Crippen LogP contribution in [0.2, 0.25) is 0 Å². The molecule has 0 saturated carbocycles. The molecule has 2 atom stereocenters. The van der Waals surface area contributed by atoms with E-state index >= 15 is 0 Å². The van der Waals surface area contributed by atoms with Gasteiger partial charge in [0.15, 0.2) is 11.2 Å². The summed E-state index contributed by atoms with van der Waals surface area (Å²) >= 11 is 0. The van der Waals surface area contributed by atoms with Crippen LogP contribution in [0.25, 0.3) is 11.2 Å². The van der Waals surface area contributed by atoms with E-state index < -0.39 is 0 Å². The molecule has 2 N–H and O–H groups in total. The van der Waals surface area contributed by atoms with E-state index in [9.17, 15) is 4.79 Å². The third kappa shape index (κ3) is 2.72. The fourth-order valence-corrected chi connectivity index (χ4v) is 2.38. The van der Waals surface area contributed by atoms with Gasteiger partial charge in [0, 0.05) is 14.1 Å². The monoisotopic (exact) mass is 306 g/mol. The fourth-order valence-electron chi connectivity index (χ4n) is 2.38. The Balaban J connectivity index is 2.00. The van der Waals surface area contributed by atoms with Crippen molar-refractivity contribution in [3.63, 3.8) is 0 Å². The summed E-state index contributed by atoms with van der Waals surface area (Å²) in [5.41, 5.74) is 0.337. The number of aliphatic hydroxyl groups is 1. The number of nitrogens with one attached hydrogen (secondary N) is 1. The minimum Gasteiger partial charge on any atom is -0.394 e. The molecule has 22 heavy (non-hydrogen) atoms. The van der Waals surface area contributed by atoms with Gasteiger partial charge < -0.3 is 14.7 Å². The molecule has 0 spiro atoms. The Morgan fingerprint density at radius 3 is 3.09 bits per heavy atom. The number of rotatable bonds is 4. The third-order valence-corrected chi connectivity index (χ3v) is 3.43. The van der Waals surface area contributed by atoms with Crippen molar-refractivity contribution < 1.29 is 9.84 Å². The highest BCUT2D eigenvalue weighted by molar-refractivity contribution is 5.71. The summed E-state index contributed by atoms with van der Waals surface area (Å²) in [7, 11) is 3.65. The molecule has 9 nitrogen and oxygen atoms in total. The van der Waals surface area contributed by atoms with Gasteiger partial charge in [-0.1, -0.05) is 0 Å². The van der Waals surface area contributed by atoms with E-state index in [1.807, 2.05) is 14.1 Å². The average molecular weight is 306 g/mol. The van der Waals surface area contributed by atoms with Crippen LogP contribution in [-0.4, -0.2) is 62.7 Å². The van der Waals surface area contributed by atoms with Crippen LogP contribution < -0.4 is 5.56 Å². The van der Waals surface area contributed by atoms with Crippen molar-refractivity contribution in [1.29, 1.82) is 0 Å². The van der Waals surface area contributed by atoms with Crippen molar-refractivity contribution in [2.24, 2.45) is 4.99 Å². The summed E-state index contributed by atoms with van der Waals surface area (Å²) in [5.74, 6) is 0.213. The van der Waals surface area contributed by atoms with Gasteiger partial charge in [-0.15, -0.1) is 0 Å². The Bertz CT molecular complexity index is 750. The van der Waals surface area contributed by atoms with Crippen LogP contribution in [0.3, 0.4) is 0 Å². The second-order valence-electron chi connectivity index (χ2n) is 5.39. The highest BCUT2D eigenvalue weighted by Crippen LogP contribution is 2.29. The Morgan fingerprint density at radius 2 is 2.41 bits per heavy atom. The molecule has 0 aliphatic carbocycles. The van der Waals surface area contributed by atoms with Crippen molar-refractivity contribution in [3.8, 4) is 0 Å². The maximum atomic E-state index is 12.1. The van der Waals surface area contributed by atoms with Gasteiger partial charge in [-0.05, 0) is 12.8 Å². The van der Waals surface area contributed by atoms with Crippen LogP contribution in [0, 0.1) is 0 Å². The molecule has 1 aliphatic rings. The van der Waals surface area contributed by atoms with Gasteiger partial charge in [0.05, 0.1) is 25.4 Å². The molecule has 3 rings (SSSR count). The summed E-state index contributed by atoms with van der Waals surface area (Å²) in [6.45, 7) is -0.0183. The van der Waals surface area contributed by atoms with Gasteiger partial charge in [0.1, 0.15) is 6.23 Å². The number of ether oxygens (including phenoxy) is 1. The molecule has 0 radical (unpaired) electrons. The molecular weight excluding hydrogens is 288 g/mol. The minimum atomic E-state index is -0.341. The minimum absolute atomic E-state index is 0.0183. The van der Waals surface area contributed by atoms with Gasteiger partial charge in [-0.3, -0.25) is 14.3 Å². The molecule has 2 unspecified atom stereocenters. The second kappa shape index (κ2) is 5.85. The molecule has 2 aromatic heterocycles. The lowest BCUT2D eigenvalue weighted by Crippen LogP contribution is -2.15. The van der Waals surface area contributed by atoms with Gasteiger partial charge in [-0.25, -0.2) is 9.98 Å². The Morgan fingerprint density at radius 1 is 1.59 bits per heavy atom. The molecule has 0 aromatic carbocycles. The molecule has 1 saturated heterocycles. The number of imidazole rings is 1. The van der Waals surface area contributed by atoms with E-state index in [1.165, 1.54) is 6.33 Å². The highest BCUT2D eigenvalue weighted by Gasteiger charge is 2.27. The van der Waals surface area contributed by atoms with Gasteiger partial charge >= 0.3 is 0 Å². The molecular formula is C13H18N6O3. The van der Waals surface area contributed by atoms with Crippen molar-refractivity contribution in [1.82, 2.24) is 24.4 Å². The van der Waals surface area contributed by atoms with Crippen molar-refractivity contribution >= 4 is 23.5 Å². The summed E-state index contributed by atoms with van der Waals surface area (Å²) in [5, 5.41) is 9.16. The van der Waals surface area contributed by atoms with E-state index in [2.05, 4.69) is 19.9 Å².